The van der Waals surface area contributed by atoms with Crippen molar-refractivity contribution in [1.82, 2.24) is 36.1 Å². The fourth-order valence-corrected chi connectivity index (χ4v) is 6.85. The number of fused-ring (bicyclic) bond motifs is 2. The highest BCUT2D eigenvalue weighted by atomic mass is 16.3. The van der Waals surface area contributed by atoms with E-state index in [1.807, 2.05) is 64.1 Å². The fraction of sp³-hybridized carbons (Fsp3) is 0.459. The number of para-hydroxylation sites is 1. The molecule has 6 amide bonds. The number of rotatable bonds is 7. The Kier molecular flexibility index (Phi) is 11.4. The average Bonchev–Trinajstić information content (AvgIpc) is 3.65. The van der Waals surface area contributed by atoms with Crippen LogP contribution in [-0.2, 0) is 30.4 Å². The number of nitrogens with one attached hydrogen (secondary N) is 5. The van der Waals surface area contributed by atoms with E-state index in [-0.39, 0.29) is 31.7 Å². The number of likely N-dealkylation sites (N-methyl/N-ethyl adjacent to an activating group) is 1. The summed E-state index contributed by atoms with van der Waals surface area (Å²) >= 11 is 0. The molecule has 1 aromatic heterocycles. The van der Waals surface area contributed by atoms with Crippen LogP contribution in [0.5, 0.6) is 0 Å². The van der Waals surface area contributed by atoms with Crippen LogP contribution in [0.25, 0.3) is 10.9 Å². The Balaban J connectivity index is 1.50. The number of hydrogen-bond acceptors (Lipinski definition) is 7. The molecule has 14 nitrogen and oxygen atoms in total. The maximum Gasteiger partial charge on any atom is 0.253 e. The van der Waals surface area contributed by atoms with Crippen molar-refractivity contribution in [3.8, 4) is 0 Å². The van der Waals surface area contributed by atoms with Gasteiger partial charge in [-0.1, -0.05) is 56.3 Å². The highest BCUT2D eigenvalue weighted by molar-refractivity contribution is 6.07. The zero-order valence-electron chi connectivity index (χ0n) is 29.6. The number of benzene rings is 2. The number of aromatic amines is 1. The van der Waals surface area contributed by atoms with Crippen molar-refractivity contribution in [1.29, 1.82) is 0 Å². The van der Waals surface area contributed by atoms with Crippen molar-refractivity contribution < 1.29 is 33.9 Å². The second-order valence-electron chi connectivity index (χ2n) is 14.0. The summed E-state index contributed by atoms with van der Waals surface area (Å²) in [5, 5.41) is 22.1. The largest absolute Gasteiger partial charge is 0.394 e. The van der Waals surface area contributed by atoms with Crippen LogP contribution in [0.4, 0.5) is 0 Å². The number of H-pyrrole nitrogens is 1. The molecule has 2 aliphatic heterocycles. The van der Waals surface area contributed by atoms with Crippen LogP contribution in [0.15, 0.2) is 48.5 Å². The predicted octanol–water partition coefficient (Wildman–Crippen LogP) is 0.692. The van der Waals surface area contributed by atoms with Gasteiger partial charge in [0, 0.05) is 37.1 Å². The minimum atomic E-state index is -1.41. The lowest BCUT2D eigenvalue weighted by atomic mass is 10.0. The Bertz CT molecular complexity index is 1810. The number of carbonyl (C=O) groups is 6. The van der Waals surface area contributed by atoms with Gasteiger partial charge in [0.1, 0.15) is 24.2 Å². The van der Waals surface area contributed by atoms with Gasteiger partial charge in [0.25, 0.3) is 5.91 Å². The summed E-state index contributed by atoms with van der Waals surface area (Å²) in [6.45, 7) is 6.42. The van der Waals surface area contributed by atoms with Gasteiger partial charge < -0.3 is 41.2 Å². The van der Waals surface area contributed by atoms with Gasteiger partial charge in [-0.2, -0.15) is 0 Å². The smallest absolute Gasteiger partial charge is 0.253 e. The standard InChI is InChI=1S/C37H47N7O7/c1-20(2)14-27-34(48)41-28(15-23-10-7-6-8-11-23)37(51)44-17-24(39-33(47)26-13-9-12-25-21(3)22(4)38-32(25)26)16-30(44)35(49)42-29(19-45)36(50)43(5)18-31(46)40-27/h6-13,20,24,27-30,38,45H,14-19H2,1-5H3,(H,39,47)(H,40,46)(H,41,48)(H,42,49)/t24-,27-,28-,29-,30-/m0/s1. The minimum Gasteiger partial charge on any atom is -0.394 e. The first-order chi connectivity index (χ1) is 24.3. The van der Waals surface area contributed by atoms with E-state index in [1.165, 1.54) is 11.9 Å². The molecular weight excluding hydrogens is 654 g/mol. The van der Waals surface area contributed by atoms with Crippen molar-refractivity contribution in [3.63, 3.8) is 0 Å². The van der Waals surface area contributed by atoms with Gasteiger partial charge in [-0.15, -0.1) is 0 Å². The molecule has 0 saturated carbocycles. The van der Waals surface area contributed by atoms with Crippen LogP contribution in [0, 0.1) is 19.8 Å². The molecule has 0 spiro atoms. The molecule has 2 aliphatic rings. The first kappa shape index (κ1) is 37.0. The van der Waals surface area contributed by atoms with Gasteiger partial charge in [0.05, 0.1) is 24.2 Å². The van der Waals surface area contributed by atoms with E-state index in [0.717, 1.165) is 27.1 Å². The van der Waals surface area contributed by atoms with Crippen LogP contribution in [0.3, 0.4) is 0 Å². The quantitative estimate of drug-likeness (QED) is 0.209. The molecule has 5 atom stereocenters. The third-order valence-electron chi connectivity index (χ3n) is 9.62. The first-order valence-electron chi connectivity index (χ1n) is 17.3. The lowest BCUT2D eigenvalue weighted by molar-refractivity contribution is -0.143. The van der Waals surface area contributed by atoms with Gasteiger partial charge >= 0.3 is 0 Å². The summed E-state index contributed by atoms with van der Waals surface area (Å²) in [7, 11) is 1.35. The molecule has 51 heavy (non-hydrogen) atoms. The molecule has 5 rings (SSSR count). The summed E-state index contributed by atoms with van der Waals surface area (Å²) < 4.78 is 0. The second-order valence-corrected chi connectivity index (χ2v) is 14.0. The summed E-state index contributed by atoms with van der Waals surface area (Å²) in [5.74, 6) is -3.63. The van der Waals surface area contributed by atoms with Crippen molar-refractivity contribution in [3.05, 3.63) is 70.9 Å². The topological polar surface area (TPSA) is 193 Å². The molecule has 2 fully saturated rings. The SMILES string of the molecule is Cc1[nH]c2c(C(=O)N[C@H]3C[C@H]4C(=O)N[C@@H](CO)C(=O)N(C)CC(=O)N[C@@H](CC(C)C)C(=O)N[C@@H](Cc5ccccc5)C(=O)N4C3)cccc2c1C. The third-order valence-corrected chi connectivity index (χ3v) is 9.62. The van der Waals surface area contributed by atoms with Crippen LogP contribution >= 0.6 is 0 Å². The Morgan fingerprint density at radius 1 is 0.902 bits per heavy atom. The Morgan fingerprint density at radius 3 is 2.29 bits per heavy atom. The summed E-state index contributed by atoms with van der Waals surface area (Å²) in [4.78, 5) is 88.0. The summed E-state index contributed by atoms with van der Waals surface area (Å²) in [6.07, 6.45) is 0.351. The maximum atomic E-state index is 14.5. The monoisotopic (exact) mass is 701 g/mol. The van der Waals surface area contributed by atoms with Crippen LogP contribution in [0.1, 0.15) is 53.9 Å². The fourth-order valence-electron chi connectivity index (χ4n) is 6.85. The summed E-state index contributed by atoms with van der Waals surface area (Å²) in [5.41, 5.74) is 3.79. The third kappa shape index (κ3) is 8.39. The van der Waals surface area contributed by atoms with E-state index in [2.05, 4.69) is 26.3 Å². The first-order valence-corrected chi connectivity index (χ1v) is 17.3. The molecule has 2 saturated heterocycles. The molecule has 3 aromatic rings. The normalized spacial score (nSPS) is 23.7. The number of hydrogen-bond donors (Lipinski definition) is 6. The maximum absolute atomic E-state index is 14.5. The Labute approximate surface area is 296 Å². The van der Waals surface area contributed by atoms with Gasteiger partial charge in [-0.25, -0.2) is 0 Å². The van der Waals surface area contributed by atoms with Crippen LogP contribution in [0.2, 0.25) is 0 Å². The number of aliphatic hydroxyl groups excluding tert-OH is 1. The van der Waals surface area contributed by atoms with Crippen molar-refractivity contribution in [2.24, 2.45) is 5.92 Å². The zero-order chi connectivity index (χ0) is 37.0. The van der Waals surface area contributed by atoms with E-state index in [9.17, 15) is 33.9 Å². The average molecular weight is 702 g/mol. The second kappa shape index (κ2) is 15.8. The molecule has 0 radical (unpaired) electrons. The highest BCUT2D eigenvalue weighted by Crippen LogP contribution is 2.26. The van der Waals surface area contributed by atoms with Crippen LogP contribution in [-0.4, -0.2) is 112 Å². The van der Waals surface area contributed by atoms with Crippen molar-refractivity contribution >= 4 is 46.3 Å². The lowest BCUT2D eigenvalue weighted by Crippen LogP contribution is -2.58. The molecule has 6 N–H and O–H groups in total. The van der Waals surface area contributed by atoms with Crippen molar-refractivity contribution in [2.45, 2.75) is 77.2 Å². The highest BCUT2D eigenvalue weighted by Gasteiger charge is 2.44. The van der Waals surface area contributed by atoms with E-state index in [4.69, 9.17) is 0 Å². The Morgan fingerprint density at radius 2 is 1.61 bits per heavy atom. The minimum absolute atomic E-state index is 0.00622. The summed E-state index contributed by atoms with van der Waals surface area (Å²) in [6, 6.07) is 9.10. The molecule has 3 heterocycles. The lowest BCUT2D eigenvalue weighted by Gasteiger charge is -2.30. The number of carbonyl (C=O) groups excluding carboxylic acids is 6. The number of nitrogens with zero attached hydrogens (tertiary/aromatic N) is 2. The molecular formula is C37H47N7O7. The predicted molar refractivity (Wildman–Crippen MR) is 189 cm³/mol. The van der Waals surface area contributed by atoms with E-state index in [1.54, 1.807) is 12.1 Å². The molecule has 0 aliphatic carbocycles. The van der Waals surface area contributed by atoms with Gasteiger partial charge in [-0.3, -0.25) is 28.8 Å². The van der Waals surface area contributed by atoms with Gasteiger partial charge in [0.15, 0.2) is 0 Å². The van der Waals surface area contributed by atoms with Crippen molar-refractivity contribution in [2.75, 3.05) is 26.7 Å². The number of amides is 6. The van der Waals surface area contributed by atoms with Crippen LogP contribution < -0.4 is 21.3 Å². The number of aliphatic hydroxyl groups is 1. The number of aryl methyl sites for hydroxylation is 2. The Hall–Kier alpha value is -5.24. The van der Waals surface area contributed by atoms with E-state index in [0.29, 0.717) is 11.1 Å². The molecule has 272 valence electrons. The number of aromatic nitrogens is 1. The molecule has 0 unspecified atom stereocenters. The zero-order valence-corrected chi connectivity index (χ0v) is 29.6. The van der Waals surface area contributed by atoms with Gasteiger partial charge in [0.2, 0.25) is 29.5 Å². The molecule has 2 aromatic carbocycles. The van der Waals surface area contributed by atoms with E-state index >= 15 is 0 Å². The molecule has 14 heteroatoms. The van der Waals surface area contributed by atoms with E-state index < -0.39 is 78.8 Å². The molecule has 0 bridgehead atoms. The van der Waals surface area contributed by atoms with Gasteiger partial charge in [-0.05, 0) is 49.8 Å².